The van der Waals surface area contributed by atoms with Crippen molar-refractivity contribution in [3.8, 4) is 5.69 Å². The van der Waals surface area contributed by atoms with E-state index in [0.29, 0.717) is 0 Å². The average molecular weight is 342 g/mol. The van der Waals surface area contributed by atoms with E-state index in [1.165, 1.54) is 9.13 Å². The first-order valence-corrected chi connectivity index (χ1v) is 6.64. The van der Waals surface area contributed by atoms with Crippen LogP contribution in [0.3, 0.4) is 0 Å². The zero-order chi connectivity index (χ0) is 12.4. The molecule has 90 valence electrons. The van der Waals surface area contributed by atoms with Gasteiger partial charge in [0.1, 0.15) is 0 Å². The lowest BCUT2D eigenvalue weighted by Gasteiger charge is -2.05. The lowest BCUT2D eigenvalue weighted by atomic mass is 10.2. The van der Waals surface area contributed by atoms with Gasteiger partial charge < -0.3 is 5.73 Å². The summed E-state index contributed by atoms with van der Waals surface area (Å²) in [6.45, 7) is 4.10. The highest BCUT2D eigenvalue weighted by molar-refractivity contribution is 14.1. The number of aryl methyl sites for hydroxylation is 1. The minimum Gasteiger partial charge on any atom is -0.323 e. The molecule has 0 saturated heterocycles. The SMILES string of the molecule is CCC(N)c1cn(-c2cc(I)ccc2C)nn1. The maximum absolute atomic E-state index is 5.94. The molecule has 0 radical (unpaired) electrons. The highest BCUT2D eigenvalue weighted by atomic mass is 127. The molecule has 0 bridgehead atoms. The Bertz CT molecular complexity index is 521. The largest absolute Gasteiger partial charge is 0.323 e. The Morgan fingerprint density at radius 1 is 1.47 bits per heavy atom. The number of rotatable bonds is 3. The van der Waals surface area contributed by atoms with Crippen molar-refractivity contribution < 1.29 is 0 Å². The molecule has 1 unspecified atom stereocenters. The van der Waals surface area contributed by atoms with Gasteiger partial charge in [-0.25, -0.2) is 4.68 Å². The Morgan fingerprint density at radius 3 is 2.94 bits per heavy atom. The first-order chi connectivity index (χ1) is 8.11. The third-order valence-corrected chi connectivity index (χ3v) is 3.42. The van der Waals surface area contributed by atoms with Crippen LogP contribution in [0.5, 0.6) is 0 Å². The summed E-state index contributed by atoms with van der Waals surface area (Å²) in [4.78, 5) is 0. The molecule has 5 heteroatoms. The number of hydrogen-bond donors (Lipinski definition) is 1. The lowest BCUT2D eigenvalue weighted by Crippen LogP contribution is -2.08. The molecule has 0 aliphatic carbocycles. The highest BCUT2D eigenvalue weighted by Gasteiger charge is 2.10. The lowest BCUT2D eigenvalue weighted by molar-refractivity contribution is 0.670. The molecule has 0 fully saturated rings. The van der Waals surface area contributed by atoms with Crippen LogP contribution in [0.15, 0.2) is 24.4 Å². The Morgan fingerprint density at radius 2 is 2.24 bits per heavy atom. The van der Waals surface area contributed by atoms with Crippen molar-refractivity contribution in [2.45, 2.75) is 26.3 Å². The molecule has 1 aromatic heterocycles. The topological polar surface area (TPSA) is 56.7 Å². The Labute approximate surface area is 114 Å². The van der Waals surface area contributed by atoms with Crippen LogP contribution in [0.25, 0.3) is 5.69 Å². The summed E-state index contributed by atoms with van der Waals surface area (Å²) in [6, 6.07) is 6.21. The van der Waals surface area contributed by atoms with E-state index in [2.05, 4.69) is 58.0 Å². The van der Waals surface area contributed by atoms with Crippen LogP contribution in [0.1, 0.15) is 30.6 Å². The predicted octanol–water partition coefficient (Wildman–Crippen LogP) is 2.59. The number of aromatic nitrogens is 3. The van der Waals surface area contributed by atoms with Crippen molar-refractivity contribution in [2.75, 3.05) is 0 Å². The van der Waals surface area contributed by atoms with Gasteiger partial charge in [0, 0.05) is 3.57 Å². The molecule has 0 spiro atoms. The van der Waals surface area contributed by atoms with Gasteiger partial charge in [0.25, 0.3) is 0 Å². The molecule has 2 rings (SSSR count). The van der Waals surface area contributed by atoms with Gasteiger partial charge in [-0.05, 0) is 53.6 Å². The summed E-state index contributed by atoms with van der Waals surface area (Å²) in [7, 11) is 0. The number of halogens is 1. The number of hydrogen-bond acceptors (Lipinski definition) is 3. The van der Waals surface area contributed by atoms with Crippen LogP contribution in [-0.4, -0.2) is 15.0 Å². The molecule has 17 heavy (non-hydrogen) atoms. The van der Waals surface area contributed by atoms with E-state index in [-0.39, 0.29) is 6.04 Å². The van der Waals surface area contributed by atoms with Crippen LogP contribution in [0.4, 0.5) is 0 Å². The van der Waals surface area contributed by atoms with E-state index in [4.69, 9.17) is 5.73 Å². The predicted molar refractivity (Wildman–Crippen MR) is 76.0 cm³/mol. The van der Waals surface area contributed by atoms with Crippen LogP contribution < -0.4 is 5.73 Å². The standard InChI is InChI=1S/C12H15IN4/c1-3-10(14)11-7-17(16-15-11)12-6-9(13)5-4-8(12)2/h4-7,10H,3,14H2,1-2H3. The summed E-state index contributed by atoms with van der Waals surface area (Å²) in [5.74, 6) is 0. The van der Waals surface area contributed by atoms with E-state index >= 15 is 0 Å². The van der Waals surface area contributed by atoms with E-state index in [9.17, 15) is 0 Å². The molecule has 2 aromatic rings. The van der Waals surface area contributed by atoms with Gasteiger partial charge in [0.2, 0.25) is 0 Å². The van der Waals surface area contributed by atoms with Gasteiger partial charge in [-0.1, -0.05) is 18.2 Å². The van der Waals surface area contributed by atoms with E-state index < -0.39 is 0 Å². The summed E-state index contributed by atoms with van der Waals surface area (Å²) >= 11 is 2.29. The summed E-state index contributed by atoms with van der Waals surface area (Å²) in [5.41, 5.74) is 9.00. The molecule has 2 N–H and O–H groups in total. The summed E-state index contributed by atoms with van der Waals surface area (Å²) in [5, 5.41) is 8.26. The van der Waals surface area contributed by atoms with Crippen molar-refractivity contribution >= 4 is 22.6 Å². The maximum atomic E-state index is 5.94. The number of nitrogens with zero attached hydrogens (tertiary/aromatic N) is 3. The van der Waals surface area contributed by atoms with Crippen LogP contribution in [0, 0.1) is 10.5 Å². The Kier molecular flexibility index (Phi) is 3.78. The summed E-state index contributed by atoms with van der Waals surface area (Å²) in [6.07, 6.45) is 2.77. The monoisotopic (exact) mass is 342 g/mol. The molecule has 4 nitrogen and oxygen atoms in total. The van der Waals surface area contributed by atoms with Gasteiger partial charge in [0.15, 0.2) is 0 Å². The van der Waals surface area contributed by atoms with Crippen molar-refractivity contribution in [1.29, 1.82) is 0 Å². The zero-order valence-corrected chi connectivity index (χ0v) is 12.0. The maximum Gasteiger partial charge on any atom is 0.0998 e. The van der Waals surface area contributed by atoms with Gasteiger partial charge >= 0.3 is 0 Å². The normalized spacial score (nSPS) is 12.7. The van der Waals surface area contributed by atoms with Gasteiger partial charge in [-0.3, -0.25) is 0 Å². The fraction of sp³-hybridized carbons (Fsp3) is 0.333. The molecule has 1 aromatic carbocycles. The minimum absolute atomic E-state index is 0.0353. The van der Waals surface area contributed by atoms with Crippen molar-refractivity contribution in [1.82, 2.24) is 15.0 Å². The fourth-order valence-electron chi connectivity index (χ4n) is 1.60. The quantitative estimate of drug-likeness (QED) is 0.873. The van der Waals surface area contributed by atoms with Gasteiger partial charge in [0.05, 0.1) is 23.6 Å². The van der Waals surface area contributed by atoms with Gasteiger partial charge in [-0.15, -0.1) is 5.10 Å². The van der Waals surface area contributed by atoms with Crippen molar-refractivity contribution in [3.63, 3.8) is 0 Å². The van der Waals surface area contributed by atoms with Crippen LogP contribution in [-0.2, 0) is 0 Å². The smallest absolute Gasteiger partial charge is 0.0998 e. The second kappa shape index (κ2) is 5.14. The third-order valence-electron chi connectivity index (χ3n) is 2.75. The number of benzene rings is 1. The second-order valence-corrected chi connectivity index (χ2v) is 5.28. The molecule has 0 saturated carbocycles. The Balaban J connectivity index is 2.40. The molecule has 0 aliphatic rings. The molecular formula is C12H15IN4. The first kappa shape index (κ1) is 12.5. The van der Waals surface area contributed by atoms with Crippen LogP contribution in [0.2, 0.25) is 0 Å². The molecule has 1 heterocycles. The van der Waals surface area contributed by atoms with E-state index in [1.807, 2.05) is 13.1 Å². The number of nitrogens with two attached hydrogens (primary N) is 1. The van der Waals surface area contributed by atoms with E-state index in [0.717, 1.165) is 17.8 Å². The highest BCUT2D eigenvalue weighted by Crippen LogP contribution is 2.18. The fourth-order valence-corrected chi connectivity index (χ4v) is 2.08. The molecule has 0 amide bonds. The second-order valence-electron chi connectivity index (χ2n) is 4.03. The Hall–Kier alpha value is -0.950. The molecule has 1 atom stereocenters. The first-order valence-electron chi connectivity index (χ1n) is 5.56. The van der Waals surface area contributed by atoms with Crippen LogP contribution >= 0.6 is 22.6 Å². The van der Waals surface area contributed by atoms with Gasteiger partial charge in [-0.2, -0.15) is 0 Å². The van der Waals surface area contributed by atoms with Crippen molar-refractivity contribution in [3.05, 3.63) is 39.2 Å². The minimum atomic E-state index is -0.0353. The van der Waals surface area contributed by atoms with E-state index in [1.54, 1.807) is 4.68 Å². The third kappa shape index (κ3) is 2.66. The average Bonchev–Trinajstić information content (AvgIpc) is 2.80. The molecular weight excluding hydrogens is 327 g/mol. The molecule has 0 aliphatic heterocycles. The summed E-state index contributed by atoms with van der Waals surface area (Å²) < 4.78 is 2.97. The van der Waals surface area contributed by atoms with Crippen molar-refractivity contribution in [2.24, 2.45) is 5.73 Å². The zero-order valence-electron chi connectivity index (χ0n) is 9.89.